The number of hydrazone groups is 1. The number of nitrogens with zero attached hydrogens (tertiary/aromatic N) is 5. The highest BCUT2D eigenvalue weighted by atomic mass is 79.9. The molecule has 0 aliphatic rings. The number of nitrogens with one attached hydrogen (secondary N) is 1. The van der Waals surface area contributed by atoms with Crippen molar-refractivity contribution in [3.8, 4) is 28.6 Å². The third-order valence-corrected chi connectivity index (χ3v) is 6.28. The zero-order chi connectivity index (χ0) is 24.6. The molecule has 1 amide bonds. The van der Waals surface area contributed by atoms with Gasteiger partial charge in [0.1, 0.15) is 11.5 Å². The number of thioether (sulfide) groups is 1. The van der Waals surface area contributed by atoms with E-state index in [-0.39, 0.29) is 11.7 Å². The van der Waals surface area contributed by atoms with Crippen LogP contribution in [0.15, 0.2) is 81.7 Å². The van der Waals surface area contributed by atoms with Crippen LogP contribution in [-0.4, -0.2) is 51.8 Å². The van der Waals surface area contributed by atoms with Crippen molar-refractivity contribution in [3.05, 3.63) is 77.0 Å². The highest BCUT2D eigenvalue weighted by molar-refractivity contribution is 9.10. The van der Waals surface area contributed by atoms with Gasteiger partial charge in [-0.05, 0) is 48.5 Å². The van der Waals surface area contributed by atoms with E-state index in [4.69, 9.17) is 9.47 Å². The van der Waals surface area contributed by atoms with E-state index in [1.54, 1.807) is 44.8 Å². The maximum atomic E-state index is 12.5. The fraction of sp³-hybridized carbons (Fsp3) is 0.125. The predicted molar refractivity (Wildman–Crippen MR) is 138 cm³/mol. The maximum Gasteiger partial charge on any atom is 0.250 e. The monoisotopic (exact) mass is 552 g/mol. The standard InChI is InChI=1S/C24H21BrN6O3S/c1-33-20-8-3-17(21(13-20)34-2)14-27-28-22(32)15-35-24-30-29-23(16-9-11-26-12-10-16)31(24)19-6-4-18(25)5-7-19/h3-14H,15H2,1-2H3,(H,28,32). The second kappa shape index (κ2) is 11.6. The number of hydrogen-bond acceptors (Lipinski definition) is 8. The third kappa shape index (κ3) is 6.06. The van der Waals surface area contributed by atoms with Crippen LogP contribution in [0.2, 0.25) is 0 Å². The Morgan fingerprint density at radius 2 is 1.86 bits per heavy atom. The Kier molecular flexibility index (Phi) is 8.11. The molecule has 0 spiro atoms. The van der Waals surface area contributed by atoms with E-state index >= 15 is 0 Å². The zero-order valence-electron chi connectivity index (χ0n) is 18.9. The average molecular weight is 553 g/mol. The number of amides is 1. The van der Waals surface area contributed by atoms with Crippen molar-refractivity contribution in [1.29, 1.82) is 0 Å². The quantitative estimate of drug-likeness (QED) is 0.187. The molecular formula is C24H21BrN6O3S. The molecule has 0 aliphatic heterocycles. The first-order valence-electron chi connectivity index (χ1n) is 10.4. The van der Waals surface area contributed by atoms with Crippen molar-refractivity contribution >= 4 is 39.8 Å². The van der Waals surface area contributed by atoms with Crippen LogP contribution in [0.1, 0.15) is 5.56 Å². The van der Waals surface area contributed by atoms with Crippen LogP contribution in [0.25, 0.3) is 17.1 Å². The van der Waals surface area contributed by atoms with Gasteiger partial charge in [0.15, 0.2) is 11.0 Å². The van der Waals surface area contributed by atoms with Gasteiger partial charge >= 0.3 is 0 Å². The smallest absolute Gasteiger partial charge is 0.250 e. The Hall–Kier alpha value is -3.70. The lowest BCUT2D eigenvalue weighted by molar-refractivity contribution is -0.118. The van der Waals surface area contributed by atoms with E-state index in [1.165, 1.54) is 18.0 Å². The van der Waals surface area contributed by atoms with Crippen LogP contribution in [0.5, 0.6) is 11.5 Å². The van der Waals surface area contributed by atoms with E-state index in [2.05, 4.69) is 41.6 Å². The molecule has 4 rings (SSSR count). The van der Waals surface area contributed by atoms with Gasteiger partial charge in [0.05, 0.1) is 26.2 Å². The summed E-state index contributed by atoms with van der Waals surface area (Å²) in [5, 5.41) is 13.3. The molecule has 0 radical (unpaired) electrons. The molecule has 178 valence electrons. The maximum absolute atomic E-state index is 12.5. The van der Waals surface area contributed by atoms with Gasteiger partial charge in [-0.15, -0.1) is 10.2 Å². The van der Waals surface area contributed by atoms with Gasteiger partial charge in [0.25, 0.3) is 5.91 Å². The molecule has 9 nitrogen and oxygen atoms in total. The topological polar surface area (TPSA) is 104 Å². The molecule has 0 saturated carbocycles. The summed E-state index contributed by atoms with van der Waals surface area (Å²) in [6.07, 6.45) is 4.92. The number of methoxy groups -OCH3 is 2. The molecule has 0 atom stereocenters. The second-order valence-electron chi connectivity index (χ2n) is 7.04. The second-order valence-corrected chi connectivity index (χ2v) is 8.90. The van der Waals surface area contributed by atoms with E-state index in [1.807, 2.05) is 41.0 Å². The van der Waals surface area contributed by atoms with Gasteiger partial charge in [-0.3, -0.25) is 14.3 Å². The number of ether oxygens (including phenoxy) is 2. The Labute approximate surface area is 214 Å². The summed E-state index contributed by atoms with van der Waals surface area (Å²) in [7, 11) is 3.14. The number of rotatable bonds is 9. The Balaban J connectivity index is 1.48. The Morgan fingerprint density at radius 3 is 2.57 bits per heavy atom. The molecule has 0 aliphatic carbocycles. The SMILES string of the molecule is COc1ccc(C=NNC(=O)CSc2nnc(-c3ccncc3)n2-c2ccc(Br)cc2)c(OC)c1. The van der Waals surface area contributed by atoms with E-state index < -0.39 is 0 Å². The lowest BCUT2D eigenvalue weighted by Crippen LogP contribution is -2.20. The number of pyridine rings is 1. The molecule has 1 N–H and O–H groups in total. The molecule has 0 bridgehead atoms. The van der Waals surface area contributed by atoms with Gasteiger partial charge in [0.2, 0.25) is 0 Å². The lowest BCUT2D eigenvalue weighted by atomic mass is 10.2. The van der Waals surface area contributed by atoms with Crippen molar-refractivity contribution in [2.24, 2.45) is 5.10 Å². The summed E-state index contributed by atoms with van der Waals surface area (Å²) in [4.78, 5) is 16.5. The number of hydrogen-bond donors (Lipinski definition) is 1. The van der Waals surface area contributed by atoms with Crippen molar-refractivity contribution in [2.75, 3.05) is 20.0 Å². The number of carbonyl (C=O) groups excluding carboxylic acids is 1. The molecule has 0 fully saturated rings. The molecule has 2 heterocycles. The van der Waals surface area contributed by atoms with Crippen molar-refractivity contribution < 1.29 is 14.3 Å². The first-order valence-corrected chi connectivity index (χ1v) is 12.2. The van der Waals surface area contributed by atoms with E-state index in [0.29, 0.717) is 28.0 Å². The van der Waals surface area contributed by atoms with Crippen LogP contribution in [0.4, 0.5) is 0 Å². The van der Waals surface area contributed by atoms with Crippen molar-refractivity contribution in [2.45, 2.75) is 5.16 Å². The van der Waals surface area contributed by atoms with Crippen LogP contribution in [0, 0.1) is 0 Å². The zero-order valence-corrected chi connectivity index (χ0v) is 21.3. The summed E-state index contributed by atoms with van der Waals surface area (Å²) in [5.74, 6) is 1.72. The third-order valence-electron chi connectivity index (χ3n) is 4.82. The van der Waals surface area contributed by atoms with Crippen LogP contribution in [0.3, 0.4) is 0 Å². The number of aromatic nitrogens is 4. The molecule has 4 aromatic rings. The number of halogens is 1. The first-order chi connectivity index (χ1) is 17.1. The summed E-state index contributed by atoms with van der Waals surface area (Å²) in [5.41, 5.74) is 4.98. The Bertz CT molecular complexity index is 1330. The summed E-state index contributed by atoms with van der Waals surface area (Å²) in [6, 6.07) is 16.8. The average Bonchev–Trinajstić information content (AvgIpc) is 3.32. The number of carbonyl (C=O) groups is 1. The van der Waals surface area contributed by atoms with Crippen LogP contribution >= 0.6 is 27.7 Å². The van der Waals surface area contributed by atoms with Crippen LogP contribution in [-0.2, 0) is 4.79 Å². The summed E-state index contributed by atoms with van der Waals surface area (Å²) < 4.78 is 13.4. The highest BCUT2D eigenvalue weighted by Crippen LogP contribution is 2.28. The summed E-state index contributed by atoms with van der Waals surface area (Å²) in [6.45, 7) is 0. The van der Waals surface area contributed by atoms with E-state index in [0.717, 1.165) is 15.7 Å². The van der Waals surface area contributed by atoms with Gasteiger partial charge in [0, 0.05) is 39.7 Å². The highest BCUT2D eigenvalue weighted by Gasteiger charge is 2.17. The largest absolute Gasteiger partial charge is 0.497 e. The Morgan fingerprint density at radius 1 is 1.09 bits per heavy atom. The minimum absolute atomic E-state index is 0.0993. The van der Waals surface area contributed by atoms with Gasteiger partial charge in [-0.25, -0.2) is 5.43 Å². The minimum Gasteiger partial charge on any atom is -0.497 e. The predicted octanol–water partition coefficient (Wildman–Crippen LogP) is 4.35. The molecular weight excluding hydrogens is 532 g/mol. The van der Waals surface area contributed by atoms with Crippen molar-refractivity contribution in [3.63, 3.8) is 0 Å². The van der Waals surface area contributed by atoms with Gasteiger partial charge in [-0.2, -0.15) is 5.10 Å². The minimum atomic E-state index is -0.283. The molecule has 2 aromatic carbocycles. The fourth-order valence-corrected chi connectivity index (χ4v) is 4.14. The van der Waals surface area contributed by atoms with Crippen molar-refractivity contribution in [1.82, 2.24) is 25.2 Å². The van der Waals surface area contributed by atoms with Gasteiger partial charge < -0.3 is 9.47 Å². The number of benzene rings is 2. The first kappa shape index (κ1) is 24.4. The molecule has 35 heavy (non-hydrogen) atoms. The van der Waals surface area contributed by atoms with Crippen LogP contribution < -0.4 is 14.9 Å². The molecule has 11 heteroatoms. The van der Waals surface area contributed by atoms with E-state index in [9.17, 15) is 4.79 Å². The molecule has 0 unspecified atom stereocenters. The molecule has 0 saturated heterocycles. The normalized spacial score (nSPS) is 10.9. The fourth-order valence-electron chi connectivity index (χ4n) is 3.14. The molecule has 2 aromatic heterocycles. The lowest BCUT2D eigenvalue weighted by Gasteiger charge is -2.10. The summed E-state index contributed by atoms with van der Waals surface area (Å²) >= 11 is 4.73. The van der Waals surface area contributed by atoms with Gasteiger partial charge in [-0.1, -0.05) is 27.7 Å².